The minimum Gasteiger partial charge on any atom is -0.369 e. The summed E-state index contributed by atoms with van der Waals surface area (Å²) in [6.07, 6.45) is 4.06. The predicted molar refractivity (Wildman–Crippen MR) is 61.1 cm³/mol. The lowest BCUT2D eigenvalue weighted by Crippen LogP contribution is -2.23. The normalized spacial score (nSPS) is 16.5. The number of amides is 1. The van der Waals surface area contributed by atoms with E-state index >= 15 is 0 Å². The highest BCUT2D eigenvalue weighted by atomic mass is 16.1. The van der Waals surface area contributed by atoms with Gasteiger partial charge in [-0.05, 0) is 30.9 Å². The number of hydrogen-bond donors (Lipinski definition) is 1. The molecular weight excluding hydrogens is 186 g/mol. The van der Waals surface area contributed by atoms with Crippen molar-refractivity contribution in [3.63, 3.8) is 0 Å². The Hall–Kier alpha value is -1.57. The third-order valence-electron chi connectivity index (χ3n) is 3.06. The topological polar surface area (TPSA) is 43.1 Å². The maximum atomic E-state index is 11.1. The zero-order valence-corrected chi connectivity index (χ0v) is 8.86. The number of aryl methyl sites for hydroxylation is 1. The molecule has 78 valence electrons. The standard InChI is InChI=1S/C13H15NO/c1-9(13(14)15)11-7-6-10-4-2-3-5-12(10)8-11/h2-5,8-9H,6-7H2,1H3,(H2,14,15). The summed E-state index contributed by atoms with van der Waals surface area (Å²) >= 11 is 0. The van der Waals surface area contributed by atoms with Gasteiger partial charge in [-0.2, -0.15) is 0 Å². The molecule has 2 N–H and O–H groups in total. The molecule has 0 spiro atoms. The number of primary amides is 1. The number of hydrogen-bond acceptors (Lipinski definition) is 1. The molecule has 1 aliphatic carbocycles. The van der Waals surface area contributed by atoms with Gasteiger partial charge in [0.15, 0.2) is 0 Å². The average molecular weight is 201 g/mol. The van der Waals surface area contributed by atoms with Crippen LogP contribution in [-0.4, -0.2) is 5.91 Å². The highest BCUT2D eigenvalue weighted by Gasteiger charge is 2.18. The molecule has 0 saturated heterocycles. The molecule has 2 rings (SSSR count). The van der Waals surface area contributed by atoms with E-state index in [1.165, 1.54) is 11.1 Å². The predicted octanol–water partition coefficient (Wildman–Crippen LogP) is 2.14. The van der Waals surface area contributed by atoms with E-state index in [2.05, 4.69) is 24.3 Å². The Kier molecular flexibility index (Phi) is 2.58. The first kappa shape index (κ1) is 9.97. The largest absolute Gasteiger partial charge is 0.369 e. The Balaban J connectivity index is 2.33. The summed E-state index contributed by atoms with van der Waals surface area (Å²) in [5.41, 5.74) is 9.05. The van der Waals surface area contributed by atoms with Crippen molar-refractivity contribution in [2.75, 3.05) is 0 Å². The minimum atomic E-state index is -0.236. The summed E-state index contributed by atoms with van der Waals surface area (Å²) in [4.78, 5) is 11.1. The van der Waals surface area contributed by atoms with Crippen molar-refractivity contribution < 1.29 is 4.79 Å². The molecule has 1 unspecified atom stereocenters. The number of fused-ring (bicyclic) bond motifs is 1. The molecular formula is C13H15NO. The monoisotopic (exact) mass is 201 g/mol. The van der Waals surface area contributed by atoms with E-state index in [4.69, 9.17) is 5.73 Å². The second-order valence-corrected chi connectivity index (χ2v) is 4.04. The van der Waals surface area contributed by atoms with E-state index in [9.17, 15) is 4.79 Å². The van der Waals surface area contributed by atoms with E-state index in [0.717, 1.165) is 18.4 Å². The van der Waals surface area contributed by atoms with Crippen molar-refractivity contribution in [2.24, 2.45) is 11.7 Å². The highest BCUT2D eigenvalue weighted by Crippen LogP contribution is 2.27. The molecule has 1 atom stereocenters. The fourth-order valence-corrected chi connectivity index (χ4v) is 1.98. The van der Waals surface area contributed by atoms with Gasteiger partial charge < -0.3 is 5.73 Å². The van der Waals surface area contributed by atoms with Crippen molar-refractivity contribution in [2.45, 2.75) is 19.8 Å². The minimum absolute atomic E-state index is 0.140. The number of benzene rings is 1. The molecule has 1 amide bonds. The zero-order chi connectivity index (χ0) is 10.8. The number of carbonyl (C=O) groups excluding carboxylic acids is 1. The van der Waals surface area contributed by atoms with Crippen LogP contribution in [0.25, 0.3) is 6.08 Å². The van der Waals surface area contributed by atoms with Crippen molar-refractivity contribution >= 4 is 12.0 Å². The van der Waals surface area contributed by atoms with Crippen molar-refractivity contribution in [3.05, 3.63) is 41.0 Å². The molecule has 0 radical (unpaired) electrons. The summed E-state index contributed by atoms with van der Waals surface area (Å²) in [5.74, 6) is -0.376. The SMILES string of the molecule is CC(C(N)=O)C1=Cc2ccccc2CC1. The fourth-order valence-electron chi connectivity index (χ4n) is 1.98. The zero-order valence-electron chi connectivity index (χ0n) is 8.86. The van der Waals surface area contributed by atoms with E-state index in [-0.39, 0.29) is 11.8 Å². The molecule has 0 saturated carbocycles. The molecule has 0 heterocycles. The second kappa shape index (κ2) is 3.89. The first-order valence-corrected chi connectivity index (χ1v) is 5.26. The van der Waals surface area contributed by atoms with Gasteiger partial charge in [0, 0.05) is 0 Å². The summed E-state index contributed by atoms with van der Waals surface area (Å²) in [7, 11) is 0. The van der Waals surface area contributed by atoms with Crippen LogP contribution < -0.4 is 5.73 Å². The Morgan fingerprint density at radius 2 is 2.07 bits per heavy atom. The summed E-state index contributed by atoms with van der Waals surface area (Å²) in [6, 6.07) is 8.29. The lowest BCUT2D eigenvalue weighted by atomic mass is 9.86. The van der Waals surface area contributed by atoms with Gasteiger partial charge in [0.05, 0.1) is 5.92 Å². The lowest BCUT2D eigenvalue weighted by Gasteiger charge is -2.19. The first-order chi connectivity index (χ1) is 7.18. The summed E-state index contributed by atoms with van der Waals surface area (Å²) < 4.78 is 0. The van der Waals surface area contributed by atoms with Crippen LogP contribution in [0.5, 0.6) is 0 Å². The van der Waals surface area contributed by atoms with Crippen LogP contribution in [0.2, 0.25) is 0 Å². The molecule has 15 heavy (non-hydrogen) atoms. The van der Waals surface area contributed by atoms with Crippen LogP contribution in [-0.2, 0) is 11.2 Å². The third kappa shape index (κ3) is 1.94. The van der Waals surface area contributed by atoms with Crippen LogP contribution in [0.15, 0.2) is 29.8 Å². The Morgan fingerprint density at radius 3 is 2.80 bits per heavy atom. The van der Waals surface area contributed by atoms with Crippen LogP contribution in [0, 0.1) is 5.92 Å². The number of rotatable bonds is 2. The van der Waals surface area contributed by atoms with Gasteiger partial charge in [0.2, 0.25) is 5.91 Å². The Bertz CT molecular complexity index is 420. The second-order valence-electron chi connectivity index (χ2n) is 4.04. The van der Waals surface area contributed by atoms with Gasteiger partial charge in [-0.3, -0.25) is 4.79 Å². The van der Waals surface area contributed by atoms with Crippen LogP contribution in [0.3, 0.4) is 0 Å². The lowest BCUT2D eigenvalue weighted by molar-refractivity contribution is -0.120. The molecule has 0 aliphatic heterocycles. The third-order valence-corrected chi connectivity index (χ3v) is 3.06. The fraction of sp³-hybridized carbons (Fsp3) is 0.308. The number of nitrogens with two attached hydrogens (primary N) is 1. The smallest absolute Gasteiger partial charge is 0.224 e. The molecule has 1 aliphatic rings. The van der Waals surface area contributed by atoms with Gasteiger partial charge >= 0.3 is 0 Å². The van der Waals surface area contributed by atoms with E-state index < -0.39 is 0 Å². The molecule has 0 aromatic heterocycles. The van der Waals surface area contributed by atoms with E-state index in [1.807, 2.05) is 13.0 Å². The Morgan fingerprint density at radius 1 is 1.33 bits per heavy atom. The summed E-state index contributed by atoms with van der Waals surface area (Å²) in [5, 5.41) is 0. The average Bonchev–Trinajstić information content (AvgIpc) is 2.27. The van der Waals surface area contributed by atoms with E-state index in [1.54, 1.807) is 0 Å². The van der Waals surface area contributed by atoms with Crippen LogP contribution in [0.1, 0.15) is 24.5 Å². The van der Waals surface area contributed by atoms with Gasteiger partial charge in [0.1, 0.15) is 0 Å². The van der Waals surface area contributed by atoms with Crippen molar-refractivity contribution in [1.29, 1.82) is 0 Å². The molecule has 0 bridgehead atoms. The van der Waals surface area contributed by atoms with Gasteiger partial charge in [0.25, 0.3) is 0 Å². The van der Waals surface area contributed by atoms with Gasteiger partial charge in [-0.25, -0.2) is 0 Å². The maximum Gasteiger partial charge on any atom is 0.224 e. The number of carbonyl (C=O) groups is 1. The molecule has 0 fully saturated rings. The molecule has 1 aromatic carbocycles. The first-order valence-electron chi connectivity index (χ1n) is 5.26. The summed E-state index contributed by atoms with van der Waals surface area (Å²) in [6.45, 7) is 1.88. The highest BCUT2D eigenvalue weighted by molar-refractivity contribution is 5.81. The molecule has 2 heteroatoms. The molecule has 2 nitrogen and oxygen atoms in total. The van der Waals surface area contributed by atoms with Crippen LogP contribution >= 0.6 is 0 Å². The Labute approximate surface area is 89.8 Å². The quantitative estimate of drug-likeness (QED) is 0.782. The van der Waals surface area contributed by atoms with Crippen molar-refractivity contribution in [3.8, 4) is 0 Å². The molecule has 1 aromatic rings. The van der Waals surface area contributed by atoms with Gasteiger partial charge in [-0.15, -0.1) is 0 Å². The maximum absolute atomic E-state index is 11.1. The van der Waals surface area contributed by atoms with E-state index in [0.29, 0.717) is 0 Å². The van der Waals surface area contributed by atoms with Crippen molar-refractivity contribution in [1.82, 2.24) is 0 Å². The van der Waals surface area contributed by atoms with Gasteiger partial charge in [-0.1, -0.05) is 35.9 Å². The van der Waals surface area contributed by atoms with Crippen LogP contribution in [0.4, 0.5) is 0 Å².